The van der Waals surface area contributed by atoms with E-state index < -0.39 is 5.82 Å². The molecule has 1 aliphatic rings. The van der Waals surface area contributed by atoms with Crippen molar-refractivity contribution < 1.29 is 18.4 Å². The summed E-state index contributed by atoms with van der Waals surface area (Å²) in [5.74, 6) is 1.27. The number of ether oxygens (including phenoxy) is 2. The number of halogens is 2. The molecule has 0 amide bonds. The molecule has 0 aliphatic carbocycles. The Morgan fingerprint density at radius 3 is 2.97 bits per heavy atom. The minimum absolute atomic E-state index is 0.0306. The number of benzene rings is 2. The predicted octanol–water partition coefficient (Wildman–Crippen LogP) is 4.99. The number of methoxy groups -OCH3 is 1. The molecule has 0 bridgehead atoms. The first-order valence-corrected chi connectivity index (χ1v) is 11.3. The second-order valence-electron chi connectivity index (χ2n) is 8.01. The SMILES string of the molecule is COc1cc2ncnc(Nc3ccc(F)c(Cl)c3)c2cc1OCCCN1CCc2nocc2C1. The van der Waals surface area contributed by atoms with E-state index in [0.29, 0.717) is 35.1 Å². The van der Waals surface area contributed by atoms with E-state index in [0.717, 1.165) is 49.1 Å². The van der Waals surface area contributed by atoms with Crippen LogP contribution in [0.3, 0.4) is 0 Å². The Hall–Kier alpha value is -3.43. The highest BCUT2D eigenvalue weighted by molar-refractivity contribution is 6.31. The van der Waals surface area contributed by atoms with Gasteiger partial charge in [-0.3, -0.25) is 4.90 Å². The molecule has 0 saturated heterocycles. The van der Waals surface area contributed by atoms with Crippen LogP contribution in [-0.2, 0) is 13.0 Å². The summed E-state index contributed by atoms with van der Waals surface area (Å²) in [4.78, 5) is 11.1. The Morgan fingerprint density at radius 2 is 2.12 bits per heavy atom. The van der Waals surface area contributed by atoms with Gasteiger partial charge < -0.3 is 19.3 Å². The quantitative estimate of drug-likeness (QED) is 0.351. The standard InChI is InChI=1S/C24H23ClFN5O3/c1-32-22-11-21-17(24(28-14-27-21)29-16-3-4-19(26)18(25)9-16)10-23(22)33-8-2-6-31-7-5-20-15(12-31)13-34-30-20/h3-4,9-11,13-14H,2,5-8,12H2,1H3,(H,27,28,29). The maximum absolute atomic E-state index is 13.5. The van der Waals surface area contributed by atoms with Crippen LogP contribution < -0.4 is 14.8 Å². The molecule has 34 heavy (non-hydrogen) atoms. The van der Waals surface area contributed by atoms with Crippen molar-refractivity contribution in [3.63, 3.8) is 0 Å². The van der Waals surface area contributed by atoms with Crippen LogP contribution in [0.5, 0.6) is 11.5 Å². The topological polar surface area (TPSA) is 85.5 Å². The zero-order chi connectivity index (χ0) is 23.5. The van der Waals surface area contributed by atoms with Gasteiger partial charge >= 0.3 is 0 Å². The number of nitrogens with zero attached hydrogens (tertiary/aromatic N) is 4. The fourth-order valence-corrected chi connectivity index (χ4v) is 4.19. The Kier molecular flexibility index (Phi) is 6.46. The summed E-state index contributed by atoms with van der Waals surface area (Å²) in [5, 5.41) is 7.99. The van der Waals surface area contributed by atoms with E-state index in [1.54, 1.807) is 19.4 Å². The highest BCUT2D eigenvalue weighted by Gasteiger charge is 2.19. The number of hydrogen-bond acceptors (Lipinski definition) is 8. The lowest BCUT2D eigenvalue weighted by atomic mass is 10.1. The number of hydrogen-bond donors (Lipinski definition) is 1. The van der Waals surface area contributed by atoms with Gasteiger partial charge in [0.1, 0.15) is 24.2 Å². The molecule has 8 nitrogen and oxygen atoms in total. The highest BCUT2D eigenvalue weighted by Crippen LogP contribution is 2.35. The third kappa shape index (κ3) is 4.76. The zero-order valence-electron chi connectivity index (χ0n) is 18.6. The Morgan fingerprint density at radius 1 is 1.21 bits per heavy atom. The monoisotopic (exact) mass is 483 g/mol. The van der Waals surface area contributed by atoms with Crippen LogP contribution in [0.15, 0.2) is 47.4 Å². The Labute approximate surface area is 200 Å². The number of aromatic nitrogens is 3. The van der Waals surface area contributed by atoms with Crippen molar-refractivity contribution in [2.75, 3.05) is 32.1 Å². The molecule has 5 rings (SSSR count). The second-order valence-corrected chi connectivity index (χ2v) is 8.42. The van der Waals surface area contributed by atoms with Gasteiger partial charge in [-0.1, -0.05) is 16.8 Å². The molecule has 0 unspecified atom stereocenters. The summed E-state index contributed by atoms with van der Waals surface area (Å²) in [7, 11) is 1.60. The minimum Gasteiger partial charge on any atom is -0.493 e. The van der Waals surface area contributed by atoms with Crippen LogP contribution in [0.4, 0.5) is 15.9 Å². The van der Waals surface area contributed by atoms with E-state index in [9.17, 15) is 4.39 Å². The second kappa shape index (κ2) is 9.82. The summed E-state index contributed by atoms with van der Waals surface area (Å²) >= 11 is 5.91. The van der Waals surface area contributed by atoms with Crippen molar-refractivity contribution in [1.82, 2.24) is 20.0 Å². The van der Waals surface area contributed by atoms with E-state index in [-0.39, 0.29) is 5.02 Å². The molecule has 176 valence electrons. The third-order valence-electron chi connectivity index (χ3n) is 5.77. The molecule has 0 fully saturated rings. The van der Waals surface area contributed by atoms with E-state index in [1.165, 1.54) is 18.5 Å². The molecular weight excluding hydrogens is 461 g/mol. The van der Waals surface area contributed by atoms with Gasteiger partial charge in [0.05, 0.1) is 29.9 Å². The first-order valence-electron chi connectivity index (χ1n) is 10.9. The average Bonchev–Trinajstić information content (AvgIpc) is 3.32. The van der Waals surface area contributed by atoms with Gasteiger partial charge in [0.25, 0.3) is 0 Å². The number of rotatable bonds is 8. The van der Waals surface area contributed by atoms with Crippen LogP contribution in [-0.4, -0.2) is 46.8 Å². The van der Waals surface area contributed by atoms with E-state index in [4.69, 9.17) is 25.6 Å². The van der Waals surface area contributed by atoms with Crippen molar-refractivity contribution in [2.24, 2.45) is 0 Å². The van der Waals surface area contributed by atoms with E-state index in [1.807, 2.05) is 12.1 Å². The van der Waals surface area contributed by atoms with Gasteiger partial charge in [-0.2, -0.15) is 0 Å². The summed E-state index contributed by atoms with van der Waals surface area (Å²) < 4.78 is 30.2. The zero-order valence-corrected chi connectivity index (χ0v) is 19.3. The molecule has 0 spiro atoms. The molecule has 1 N–H and O–H groups in total. The van der Waals surface area contributed by atoms with Gasteiger partial charge in [0.15, 0.2) is 11.5 Å². The summed E-state index contributed by atoms with van der Waals surface area (Å²) in [6, 6.07) is 8.07. The van der Waals surface area contributed by atoms with Crippen molar-refractivity contribution in [3.8, 4) is 11.5 Å². The third-order valence-corrected chi connectivity index (χ3v) is 6.06. The van der Waals surface area contributed by atoms with Crippen LogP contribution in [0.1, 0.15) is 17.7 Å². The molecule has 0 saturated carbocycles. The van der Waals surface area contributed by atoms with Crippen LogP contribution >= 0.6 is 11.6 Å². The predicted molar refractivity (Wildman–Crippen MR) is 126 cm³/mol. The van der Waals surface area contributed by atoms with Crippen molar-refractivity contribution in [1.29, 1.82) is 0 Å². The molecule has 2 aromatic heterocycles. The van der Waals surface area contributed by atoms with Gasteiger partial charge in [-0.25, -0.2) is 14.4 Å². The van der Waals surface area contributed by atoms with Gasteiger partial charge in [-0.05, 0) is 30.7 Å². The highest BCUT2D eigenvalue weighted by atomic mass is 35.5. The summed E-state index contributed by atoms with van der Waals surface area (Å²) in [6.45, 7) is 3.23. The van der Waals surface area contributed by atoms with Crippen molar-refractivity contribution >= 4 is 34.0 Å². The smallest absolute Gasteiger partial charge is 0.162 e. The largest absolute Gasteiger partial charge is 0.493 e. The van der Waals surface area contributed by atoms with Gasteiger partial charge in [0, 0.05) is 48.8 Å². The fraction of sp³-hybridized carbons (Fsp3) is 0.292. The molecule has 1 aliphatic heterocycles. The minimum atomic E-state index is -0.480. The lowest BCUT2D eigenvalue weighted by molar-refractivity contribution is 0.217. The van der Waals surface area contributed by atoms with Crippen molar-refractivity contribution in [2.45, 2.75) is 19.4 Å². The number of fused-ring (bicyclic) bond motifs is 2. The number of nitrogens with one attached hydrogen (secondary N) is 1. The van der Waals surface area contributed by atoms with Gasteiger partial charge in [0.2, 0.25) is 0 Å². The average molecular weight is 484 g/mol. The van der Waals surface area contributed by atoms with Gasteiger partial charge in [-0.15, -0.1) is 0 Å². The Bertz CT molecular complexity index is 1320. The van der Waals surface area contributed by atoms with Crippen LogP contribution in [0.25, 0.3) is 10.9 Å². The first-order chi connectivity index (χ1) is 16.6. The molecular formula is C24H23ClFN5O3. The Balaban J connectivity index is 1.28. The molecule has 3 heterocycles. The normalized spacial score (nSPS) is 13.6. The maximum atomic E-state index is 13.5. The van der Waals surface area contributed by atoms with Crippen LogP contribution in [0, 0.1) is 5.82 Å². The fourth-order valence-electron chi connectivity index (χ4n) is 4.01. The maximum Gasteiger partial charge on any atom is 0.162 e. The van der Waals surface area contributed by atoms with Crippen molar-refractivity contribution in [3.05, 3.63) is 65.0 Å². The molecule has 0 atom stereocenters. The lowest BCUT2D eigenvalue weighted by Gasteiger charge is -2.25. The first kappa shape index (κ1) is 22.4. The lowest BCUT2D eigenvalue weighted by Crippen LogP contribution is -2.31. The summed E-state index contributed by atoms with van der Waals surface area (Å²) in [5.41, 5.74) is 3.52. The molecule has 0 radical (unpaired) electrons. The molecule has 10 heteroatoms. The molecule has 4 aromatic rings. The van der Waals surface area contributed by atoms with E-state index in [2.05, 4.69) is 25.3 Å². The van der Waals surface area contributed by atoms with Crippen LogP contribution in [0.2, 0.25) is 5.02 Å². The summed E-state index contributed by atoms with van der Waals surface area (Å²) in [6.07, 6.45) is 4.94. The molecule has 2 aromatic carbocycles. The van der Waals surface area contributed by atoms with E-state index >= 15 is 0 Å². The number of anilines is 2.